The van der Waals surface area contributed by atoms with Gasteiger partial charge in [0.2, 0.25) is 0 Å². The van der Waals surface area contributed by atoms with Crippen molar-refractivity contribution in [3.05, 3.63) is 0 Å². The molecule has 0 aromatic carbocycles. The van der Waals surface area contributed by atoms with Crippen molar-refractivity contribution < 1.29 is 42.1 Å². The van der Waals surface area contributed by atoms with E-state index < -0.39 is 0 Å². The minimum atomic E-state index is 0.806. The van der Waals surface area contributed by atoms with Gasteiger partial charge in [-0.3, -0.25) is 0 Å². The van der Waals surface area contributed by atoms with Gasteiger partial charge in [0.1, 0.15) is 0 Å². The summed E-state index contributed by atoms with van der Waals surface area (Å²) >= 11 is 2.12. The normalized spacial score (nSPS) is 2.33. The Balaban J connectivity index is -0.0000000225. The van der Waals surface area contributed by atoms with Crippen LogP contribution in [0.5, 0.6) is 0 Å². The van der Waals surface area contributed by atoms with Crippen molar-refractivity contribution in [3.63, 3.8) is 0 Å². The zero-order valence-corrected chi connectivity index (χ0v) is 8.08. The van der Waals surface area contributed by atoms with E-state index in [4.69, 9.17) is 7.35 Å². The molecule has 0 fully saturated rings. The molecule has 0 spiro atoms. The molecule has 2 radical (unpaired) electrons. The molecule has 0 atom stereocenters. The van der Waals surface area contributed by atoms with E-state index in [1.165, 1.54) is 0 Å². The molecule has 0 amide bonds. The first-order valence-corrected chi connectivity index (χ1v) is 3.24. The fourth-order valence-corrected chi connectivity index (χ4v) is 0. The third-order valence-corrected chi connectivity index (χ3v) is 0. The van der Waals surface area contributed by atoms with Gasteiger partial charge in [-0.2, -0.15) is 0 Å². The van der Waals surface area contributed by atoms with Gasteiger partial charge < -0.3 is 0 Å². The van der Waals surface area contributed by atoms with Crippen LogP contribution >= 0.6 is 0 Å². The standard InChI is InChI=1S/BH3Si.2O.2V/c1-2;;;;/h2H3;;;;. The fourth-order valence-electron chi connectivity index (χ4n) is 0. The Bertz CT molecular complexity index is 13.5. The first-order valence-electron chi connectivity index (χ1n) is 0.942. The molecule has 32 valence electrons. The van der Waals surface area contributed by atoms with Crippen molar-refractivity contribution in [2.75, 3.05) is 0 Å². The van der Waals surface area contributed by atoms with Crippen LogP contribution in [0.2, 0.25) is 0 Å². The average Bonchev–Trinajstić information content (AvgIpc) is 1.81. The van der Waals surface area contributed by atoms with Gasteiger partial charge in [-0.05, 0) is 10.1 Å². The zero-order valence-electron chi connectivity index (χ0n) is 3.29. The van der Waals surface area contributed by atoms with Crippen LogP contribution in [0.4, 0.5) is 0 Å². The molecule has 0 N–H and O–H groups in total. The monoisotopic (exact) mass is 176 g/mol. The fraction of sp³-hybridized carbons (Fsp3) is 0. The van der Waals surface area contributed by atoms with Gasteiger partial charge in [-0.15, -0.1) is 0 Å². The molecule has 2 nitrogen and oxygen atoms in total. The molecule has 0 aliphatic rings. The summed E-state index contributed by atoms with van der Waals surface area (Å²) in [4.78, 5) is 0. The van der Waals surface area contributed by atoms with Crippen LogP contribution in [0.3, 0.4) is 0 Å². The summed E-state index contributed by atoms with van der Waals surface area (Å²) in [5.41, 5.74) is 0. The topological polar surface area (TPSA) is 34.1 Å². The molecular formula is H3BO2SiV2. The molecule has 0 saturated heterocycles. The van der Waals surface area contributed by atoms with Gasteiger partial charge in [-0.25, -0.2) is 0 Å². The third-order valence-electron chi connectivity index (χ3n) is 0. The van der Waals surface area contributed by atoms with Gasteiger partial charge in [0.15, 0.2) is 0 Å². The molecule has 0 heterocycles. The Labute approximate surface area is 59.6 Å². The molecule has 0 unspecified atom stereocenters. The molecular weight excluding hydrogens is 173 g/mol. The van der Waals surface area contributed by atoms with Crippen molar-refractivity contribution in [1.29, 1.82) is 0 Å². The van der Waals surface area contributed by atoms with Gasteiger partial charge in [-0.1, -0.05) is 0 Å². The Hall–Kier alpha value is 1.05. The Kier molecular flexibility index (Phi) is 367. The van der Waals surface area contributed by atoms with E-state index in [0.29, 0.717) is 0 Å². The van der Waals surface area contributed by atoms with Gasteiger partial charge in [0, 0.05) is 7.44 Å². The summed E-state index contributed by atoms with van der Waals surface area (Å²) in [7, 11) is 5.44. The first kappa shape index (κ1) is 15.7. The van der Waals surface area contributed by atoms with E-state index in [0.717, 1.165) is 44.9 Å². The van der Waals surface area contributed by atoms with E-state index >= 15 is 0 Å². The van der Waals surface area contributed by atoms with Crippen molar-refractivity contribution >= 4 is 17.6 Å². The van der Waals surface area contributed by atoms with Crippen molar-refractivity contribution in [2.24, 2.45) is 0 Å². The second-order valence-corrected chi connectivity index (χ2v) is 0. The number of hydrogen-bond acceptors (Lipinski definition) is 2. The molecule has 6 heavy (non-hydrogen) atoms. The molecule has 0 saturated carbocycles. The molecule has 0 aliphatic heterocycles. The van der Waals surface area contributed by atoms with Crippen LogP contribution in [0.25, 0.3) is 0 Å². The SMILES string of the molecule is [B][SiH3].[O]=[V].[O]=[V]. The molecule has 6 heteroatoms. The van der Waals surface area contributed by atoms with Crippen LogP contribution in [0.15, 0.2) is 0 Å². The quantitative estimate of drug-likeness (QED) is 0.407. The van der Waals surface area contributed by atoms with Crippen molar-refractivity contribution in [2.45, 2.75) is 0 Å². The van der Waals surface area contributed by atoms with Crippen LogP contribution in [0, 0.1) is 0 Å². The van der Waals surface area contributed by atoms with Crippen molar-refractivity contribution in [1.82, 2.24) is 0 Å². The Morgan fingerprint density at radius 1 is 1.00 bits per heavy atom. The summed E-state index contributed by atoms with van der Waals surface area (Å²) < 4.78 is 16.4. The molecule has 0 aromatic heterocycles. The summed E-state index contributed by atoms with van der Waals surface area (Å²) in [5, 5.41) is 0. The van der Waals surface area contributed by atoms with Crippen molar-refractivity contribution in [3.8, 4) is 0 Å². The summed E-state index contributed by atoms with van der Waals surface area (Å²) in [6.45, 7) is 0. The number of rotatable bonds is 0. The molecule has 0 rings (SSSR count). The van der Waals surface area contributed by atoms with Gasteiger partial charge in [0.05, 0.1) is 0 Å². The zero-order chi connectivity index (χ0) is 6.00. The Morgan fingerprint density at radius 3 is 1.00 bits per heavy atom. The summed E-state index contributed by atoms with van der Waals surface area (Å²) in [6, 6.07) is 0. The van der Waals surface area contributed by atoms with Crippen LogP contribution < -0.4 is 0 Å². The predicted octanol–water partition coefficient (Wildman–Crippen LogP) is -1.81. The predicted molar refractivity (Wildman–Crippen MR) is 17.1 cm³/mol. The van der Waals surface area contributed by atoms with E-state index in [2.05, 4.69) is 7.44 Å². The van der Waals surface area contributed by atoms with Gasteiger partial charge >= 0.3 is 42.1 Å². The maximum atomic E-state index is 8.19. The van der Waals surface area contributed by atoms with E-state index in [1.807, 2.05) is 0 Å². The van der Waals surface area contributed by atoms with E-state index in [-0.39, 0.29) is 0 Å². The summed E-state index contributed by atoms with van der Waals surface area (Å²) in [6.07, 6.45) is 0. The minimum absolute atomic E-state index is 0.806. The van der Waals surface area contributed by atoms with E-state index in [1.54, 1.807) is 0 Å². The third kappa shape index (κ3) is 75.1. The maximum absolute atomic E-state index is 8.19. The number of hydrogen-bond donors (Lipinski definition) is 0. The van der Waals surface area contributed by atoms with Crippen LogP contribution in [-0.4, -0.2) is 17.6 Å². The second-order valence-electron chi connectivity index (χ2n) is 0. The van der Waals surface area contributed by atoms with E-state index in [9.17, 15) is 0 Å². The van der Waals surface area contributed by atoms with Crippen LogP contribution in [-0.2, 0) is 42.1 Å². The second kappa shape index (κ2) is 140. The molecule has 0 bridgehead atoms. The first-order chi connectivity index (χ1) is 3.00. The summed E-state index contributed by atoms with van der Waals surface area (Å²) in [5.74, 6) is 0. The van der Waals surface area contributed by atoms with Crippen LogP contribution in [0.1, 0.15) is 0 Å². The molecule has 0 aromatic rings. The average molecular weight is 176 g/mol. The Morgan fingerprint density at radius 2 is 1.00 bits per heavy atom. The van der Waals surface area contributed by atoms with Gasteiger partial charge in [0.25, 0.3) is 0 Å². The molecule has 0 aliphatic carbocycles.